The van der Waals surface area contributed by atoms with Crippen LogP contribution in [0.25, 0.3) is 0 Å². The van der Waals surface area contributed by atoms with Gasteiger partial charge < -0.3 is 9.64 Å². The summed E-state index contributed by atoms with van der Waals surface area (Å²) in [6, 6.07) is 13.1. The Morgan fingerprint density at radius 2 is 1.73 bits per heavy atom. The van der Waals surface area contributed by atoms with E-state index in [0.29, 0.717) is 31.0 Å². The summed E-state index contributed by atoms with van der Waals surface area (Å²) in [5, 5.41) is 0. The molecule has 1 N–H and O–H groups in total. The van der Waals surface area contributed by atoms with Crippen LogP contribution in [-0.4, -0.2) is 27.5 Å². The zero-order valence-corrected chi connectivity index (χ0v) is 15.5. The molecule has 2 aromatic rings. The minimum Gasteiger partial charge on any atom is -0.494 e. The highest BCUT2D eigenvalue weighted by Gasteiger charge is 2.20. The molecule has 26 heavy (non-hydrogen) atoms. The van der Waals surface area contributed by atoms with Crippen molar-refractivity contribution in [2.75, 3.05) is 22.8 Å². The van der Waals surface area contributed by atoms with Crippen molar-refractivity contribution in [1.82, 2.24) is 0 Å². The van der Waals surface area contributed by atoms with Crippen LogP contribution in [0.5, 0.6) is 5.75 Å². The number of hydrogen-bond donors (Lipinski definition) is 1. The number of ether oxygens (including phenoxy) is 1. The average Bonchev–Trinajstić information content (AvgIpc) is 2.64. The van der Waals surface area contributed by atoms with E-state index in [4.69, 9.17) is 4.74 Å². The minimum atomic E-state index is -3.69. The molecule has 7 heteroatoms. The summed E-state index contributed by atoms with van der Waals surface area (Å²) >= 11 is 0. The summed E-state index contributed by atoms with van der Waals surface area (Å²) in [4.78, 5) is 13.8. The van der Waals surface area contributed by atoms with E-state index in [-0.39, 0.29) is 10.8 Å². The maximum absolute atomic E-state index is 12.5. The molecule has 3 rings (SSSR count). The van der Waals surface area contributed by atoms with Gasteiger partial charge in [0.25, 0.3) is 10.0 Å². The lowest BCUT2D eigenvalue weighted by molar-refractivity contribution is -0.119. The fraction of sp³-hybridized carbons (Fsp3) is 0.316. The molecule has 0 bridgehead atoms. The first-order valence-corrected chi connectivity index (χ1v) is 10.1. The monoisotopic (exact) mass is 374 g/mol. The van der Waals surface area contributed by atoms with Crippen LogP contribution >= 0.6 is 0 Å². The van der Waals surface area contributed by atoms with Crippen LogP contribution in [0.1, 0.15) is 26.2 Å². The third-order valence-electron chi connectivity index (χ3n) is 4.20. The van der Waals surface area contributed by atoms with Crippen LogP contribution in [0.15, 0.2) is 53.4 Å². The Balaban J connectivity index is 1.73. The Bertz CT molecular complexity index is 861. The summed E-state index contributed by atoms with van der Waals surface area (Å²) in [5.41, 5.74) is 1.19. The fourth-order valence-electron chi connectivity index (χ4n) is 2.88. The van der Waals surface area contributed by atoms with Crippen LogP contribution in [0.4, 0.5) is 11.4 Å². The van der Waals surface area contributed by atoms with Gasteiger partial charge in [0.05, 0.1) is 11.5 Å². The van der Waals surface area contributed by atoms with Crippen molar-refractivity contribution >= 4 is 27.3 Å². The molecule has 0 unspecified atom stereocenters. The number of nitrogens with one attached hydrogen (secondary N) is 1. The third-order valence-corrected chi connectivity index (χ3v) is 5.60. The molecule has 1 heterocycles. The first kappa shape index (κ1) is 18.3. The maximum atomic E-state index is 12.5. The lowest BCUT2D eigenvalue weighted by atomic mass is 10.1. The van der Waals surface area contributed by atoms with Gasteiger partial charge in [-0.25, -0.2) is 8.42 Å². The number of carbonyl (C=O) groups excluding carboxylic acids is 1. The highest BCUT2D eigenvalue weighted by molar-refractivity contribution is 7.92. The third kappa shape index (κ3) is 4.16. The number of anilines is 2. The zero-order valence-electron chi connectivity index (χ0n) is 14.6. The highest BCUT2D eigenvalue weighted by Crippen LogP contribution is 2.24. The molecule has 2 aromatic carbocycles. The smallest absolute Gasteiger partial charge is 0.261 e. The SMILES string of the molecule is CCOc1ccc(NS(=O)(=O)c2ccc(N3CCCCC3=O)cc2)cc1. The van der Waals surface area contributed by atoms with E-state index in [2.05, 4.69) is 4.72 Å². The van der Waals surface area contributed by atoms with Crippen molar-refractivity contribution in [2.45, 2.75) is 31.1 Å². The van der Waals surface area contributed by atoms with Crippen molar-refractivity contribution in [3.63, 3.8) is 0 Å². The van der Waals surface area contributed by atoms with Gasteiger partial charge in [-0.05, 0) is 68.3 Å². The van der Waals surface area contributed by atoms with E-state index in [1.54, 1.807) is 41.3 Å². The Labute approximate surface area is 153 Å². The molecule has 0 aliphatic carbocycles. The van der Waals surface area contributed by atoms with E-state index in [1.807, 2.05) is 6.92 Å². The van der Waals surface area contributed by atoms with Crippen LogP contribution in [-0.2, 0) is 14.8 Å². The summed E-state index contributed by atoms with van der Waals surface area (Å²) in [6.45, 7) is 3.12. The lowest BCUT2D eigenvalue weighted by Crippen LogP contribution is -2.35. The van der Waals surface area contributed by atoms with Crippen LogP contribution < -0.4 is 14.4 Å². The van der Waals surface area contributed by atoms with E-state index >= 15 is 0 Å². The number of benzene rings is 2. The first-order valence-electron chi connectivity index (χ1n) is 8.66. The zero-order chi connectivity index (χ0) is 18.6. The molecule has 0 spiro atoms. The molecule has 1 amide bonds. The molecule has 1 aliphatic heterocycles. The largest absolute Gasteiger partial charge is 0.494 e. The predicted molar refractivity (Wildman–Crippen MR) is 101 cm³/mol. The molecule has 1 saturated heterocycles. The topological polar surface area (TPSA) is 75.7 Å². The predicted octanol–water partition coefficient (Wildman–Crippen LogP) is 3.40. The summed E-state index contributed by atoms with van der Waals surface area (Å²) in [7, 11) is -3.69. The first-order chi connectivity index (χ1) is 12.5. The standard InChI is InChI=1S/C19H22N2O4S/c1-2-25-17-10-6-15(7-11-17)20-26(23,24)18-12-8-16(9-13-18)21-14-4-3-5-19(21)22/h6-13,20H,2-5,14H2,1H3. The molecule has 6 nitrogen and oxygen atoms in total. The van der Waals surface area contributed by atoms with Gasteiger partial charge >= 0.3 is 0 Å². The second-order valence-electron chi connectivity index (χ2n) is 6.06. The molecule has 1 fully saturated rings. The van der Waals surface area contributed by atoms with Crippen LogP contribution in [0, 0.1) is 0 Å². The van der Waals surface area contributed by atoms with Gasteiger partial charge in [-0.3, -0.25) is 9.52 Å². The number of hydrogen-bond acceptors (Lipinski definition) is 4. The normalized spacial score (nSPS) is 15.0. The van der Waals surface area contributed by atoms with Crippen LogP contribution in [0.3, 0.4) is 0 Å². The van der Waals surface area contributed by atoms with Gasteiger partial charge in [0.2, 0.25) is 5.91 Å². The molecule has 138 valence electrons. The summed E-state index contributed by atoms with van der Waals surface area (Å²) in [6.07, 6.45) is 2.41. The summed E-state index contributed by atoms with van der Waals surface area (Å²) in [5.74, 6) is 0.769. The molecule has 0 aromatic heterocycles. The van der Waals surface area contributed by atoms with Gasteiger partial charge in [-0.1, -0.05) is 0 Å². The number of nitrogens with zero attached hydrogens (tertiary/aromatic N) is 1. The van der Waals surface area contributed by atoms with Gasteiger partial charge in [0, 0.05) is 24.3 Å². The highest BCUT2D eigenvalue weighted by atomic mass is 32.2. The fourth-order valence-corrected chi connectivity index (χ4v) is 3.94. The van der Waals surface area contributed by atoms with E-state index in [9.17, 15) is 13.2 Å². The molecular weight excluding hydrogens is 352 g/mol. The van der Waals surface area contributed by atoms with Crippen molar-refractivity contribution < 1.29 is 17.9 Å². The summed E-state index contributed by atoms with van der Waals surface area (Å²) < 4.78 is 33.0. The lowest BCUT2D eigenvalue weighted by Gasteiger charge is -2.26. The van der Waals surface area contributed by atoms with Crippen molar-refractivity contribution in [3.05, 3.63) is 48.5 Å². The van der Waals surface area contributed by atoms with Gasteiger partial charge in [-0.15, -0.1) is 0 Å². The Morgan fingerprint density at radius 3 is 2.35 bits per heavy atom. The number of carbonyl (C=O) groups is 1. The Kier molecular flexibility index (Phi) is 5.46. The maximum Gasteiger partial charge on any atom is 0.261 e. The number of rotatable bonds is 6. The van der Waals surface area contributed by atoms with Gasteiger partial charge in [0.15, 0.2) is 0 Å². The molecule has 1 aliphatic rings. The minimum absolute atomic E-state index is 0.0828. The van der Waals surface area contributed by atoms with Crippen molar-refractivity contribution in [2.24, 2.45) is 0 Å². The molecular formula is C19H22N2O4S. The Morgan fingerprint density at radius 1 is 1.04 bits per heavy atom. The van der Waals surface area contributed by atoms with E-state index < -0.39 is 10.0 Å². The van der Waals surface area contributed by atoms with E-state index in [1.165, 1.54) is 12.1 Å². The number of sulfonamides is 1. The molecule has 0 radical (unpaired) electrons. The Hall–Kier alpha value is -2.54. The van der Waals surface area contributed by atoms with Gasteiger partial charge in [-0.2, -0.15) is 0 Å². The number of amides is 1. The second kappa shape index (κ2) is 7.78. The van der Waals surface area contributed by atoms with Crippen molar-refractivity contribution in [3.8, 4) is 5.75 Å². The quantitative estimate of drug-likeness (QED) is 0.841. The average molecular weight is 374 g/mol. The van der Waals surface area contributed by atoms with Crippen molar-refractivity contribution in [1.29, 1.82) is 0 Å². The molecule has 0 atom stereocenters. The van der Waals surface area contributed by atoms with Crippen LogP contribution in [0.2, 0.25) is 0 Å². The van der Waals surface area contributed by atoms with E-state index in [0.717, 1.165) is 18.5 Å². The van der Waals surface area contributed by atoms with Gasteiger partial charge in [0.1, 0.15) is 5.75 Å². The second-order valence-corrected chi connectivity index (χ2v) is 7.74. The number of piperidine rings is 1. The molecule has 0 saturated carbocycles.